The van der Waals surface area contributed by atoms with E-state index in [-0.39, 0.29) is 42.1 Å². The van der Waals surface area contributed by atoms with Crippen LogP contribution >= 0.6 is 0 Å². The number of ether oxygens (including phenoxy) is 1. The highest BCUT2D eigenvalue weighted by Crippen LogP contribution is 2.34. The van der Waals surface area contributed by atoms with Crippen LogP contribution in [0.2, 0.25) is 0 Å². The molecule has 0 aromatic heterocycles. The molecule has 1 aromatic carbocycles. The highest BCUT2D eigenvalue weighted by molar-refractivity contribution is 5.99. The van der Waals surface area contributed by atoms with Crippen molar-refractivity contribution in [3.63, 3.8) is 0 Å². The van der Waals surface area contributed by atoms with Gasteiger partial charge in [-0.05, 0) is 43.7 Å². The van der Waals surface area contributed by atoms with E-state index in [9.17, 15) is 14.4 Å². The number of ketones is 1. The van der Waals surface area contributed by atoms with Gasteiger partial charge in [0.25, 0.3) is 5.91 Å². The van der Waals surface area contributed by atoms with E-state index >= 15 is 0 Å². The van der Waals surface area contributed by atoms with E-state index in [4.69, 9.17) is 4.74 Å². The minimum absolute atomic E-state index is 0.0389. The van der Waals surface area contributed by atoms with Crippen molar-refractivity contribution in [3.8, 4) is 0 Å². The molecule has 3 heterocycles. The van der Waals surface area contributed by atoms with Gasteiger partial charge in [0.1, 0.15) is 18.7 Å². The van der Waals surface area contributed by atoms with Gasteiger partial charge >= 0.3 is 0 Å². The lowest BCUT2D eigenvalue weighted by Crippen LogP contribution is -2.54. The topological polar surface area (TPSA) is 82.2 Å². The molecule has 34 heavy (non-hydrogen) atoms. The number of rotatable bonds is 7. The molecule has 0 radical (unpaired) electrons. The number of hydrogen-bond donors (Lipinski definition) is 1. The van der Waals surface area contributed by atoms with Crippen molar-refractivity contribution in [3.05, 3.63) is 29.8 Å². The number of Topliss-reactive ketones (excluding diaryl/α,β-unsaturated/α-hetero) is 1. The van der Waals surface area contributed by atoms with E-state index < -0.39 is 12.1 Å². The zero-order valence-electron chi connectivity index (χ0n) is 20.8. The summed E-state index contributed by atoms with van der Waals surface area (Å²) in [6, 6.07) is 6.41. The number of likely N-dealkylation sites (tertiary alicyclic amines) is 1. The van der Waals surface area contributed by atoms with Gasteiger partial charge in [0.2, 0.25) is 5.91 Å². The summed E-state index contributed by atoms with van der Waals surface area (Å²) in [5.41, 5.74) is 1.64. The third-order valence-electron chi connectivity index (χ3n) is 7.86. The van der Waals surface area contributed by atoms with Gasteiger partial charge in [-0.1, -0.05) is 27.2 Å². The van der Waals surface area contributed by atoms with Gasteiger partial charge in [-0.3, -0.25) is 14.4 Å². The number of nitrogens with zero attached hydrogens (tertiary/aromatic N) is 3. The fraction of sp³-hybridized carbons (Fsp3) is 0.654. The minimum Gasteiger partial charge on any atom is -0.369 e. The van der Waals surface area contributed by atoms with Gasteiger partial charge in [-0.15, -0.1) is 0 Å². The second kappa shape index (κ2) is 10.4. The maximum atomic E-state index is 13.6. The van der Waals surface area contributed by atoms with Crippen molar-refractivity contribution in [2.45, 2.75) is 51.8 Å². The summed E-state index contributed by atoms with van der Waals surface area (Å²) in [6.45, 7) is 10.6. The molecule has 186 valence electrons. The Bertz CT molecular complexity index is 897. The van der Waals surface area contributed by atoms with Gasteiger partial charge in [0.15, 0.2) is 5.78 Å². The first kappa shape index (κ1) is 24.7. The van der Waals surface area contributed by atoms with Crippen LogP contribution in [0.25, 0.3) is 0 Å². The van der Waals surface area contributed by atoms with Crippen molar-refractivity contribution in [1.82, 2.24) is 15.1 Å². The number of likely N-dealkylation sites (N-methyl/N-ethyl adjacent to an activating group) is 1. The van der Waals surface area contributed by atoms with Gasteiger partial charge in [0, 0.05) is 49.9 Å². The summed E-state index contributed by atoms with van der Waals surface area (Å²) >= 11 is 0. The predicted octanol–water partition coefficient (Wildman–Crippen LogP) is 1.79. The highest BCUT2D eigenvalue weighted by atomic mass is 16.5. The molecule has 0 unspecified atom stereocenters. The third kappa shape index (κ3) is 4.84. The standard InChI is InChI=1S/C26H38N4O4/c1-5-17(3)22(26(33)30-15-18(6-2)24-23(30)21(31)16-34-24)27-25(32)19-7-9-20(10-8-19)29-13-11-28(4)12-14-29/h7-10,17-18,22-24H,5-6,11-16H2,1-4H3,(H,27,32)/t17-,18+,22-,23+,24+/m0/s1. The molecular formula is C26H38N4O4. The Morgan fingerprint density at radius 2 is 1.79 bits per heavy atom. The monoisotopic (exact) mass is 470 g/mol. The molecule has 0 bridgehead atoms. The van der Waals surface area contributed by atoms with E-state index in [1.807, 2.05) is 38.1 Å². The summed E-state index contributed by atoms with van der Waals surface area (Å²) in [7, 11) is 2.13. The molecule has 3 fully saturated rings. The Balaban J connectivity index is 1.46. The van der Waals surface area contributed by atoms with Gasteiger partial charge in [-0.2, -0.15) is 0 Å². The third-order valence-corrected chi connectivity index (χ3v) is 7.86. The number of hydrogen-bond acceptors (Lipinski definition) is 6. The predicted molar refractivity (Wildman–Crippen MR) is 131 cm³/mol. The highest BCUT2D eigenvalue weighted by Gasteiger charge is 2.52. The number of anilines is 1. The zero-order chi connectivity index (χ0) is 24.4. The average Bonchev–Trinajstić information content (AvgIpc) is 3.42. The summed E-state index contributed by atoms with van der Waals surface area (Å²) in [6.07, 6.45) is 1.36. The van der Waals surface area contributed by atoms with Crippen molar-refractivity contribution in [2.75, 3.05) is 51.3 Å². The Kier molecular flexibility index (Phi) is 7.57. The number of fused-ring (bicyclic) bond motifs is 1. The first-order valence-electron chi connectivity index (χ1n) is 12.6. The van der Waals surface area contributed by atoms with E-state index in [1.54, 1.807) is 4.90 Å². The molecule has 0 aliphatic carbocycles. The Morgan fingerprint density at radius 1 is 1.12 bits per heavy atom. The van der Waals surface area contributed by atoms with Crippen LogP contribution in [0.3, 0.4) is 0 Å². The van der Waals surface area contributed by atoms with Gasteiger partial charge in [-0.25, -0.2) is 0 Å². The molecule has 8 heteroatoms. The number of amides is 2. The van der Waals surface area contributed by atoms with Crippen LogP contribution in [0.15, 0.2) is 24.3 Å². The Morgan fingerprint density at radius 3 is 2.41 bits per heavy atom. The van der Waals surface area contributed by atoms with E-state index in [0.717, 1.165) is 44.7 Å². The molecule has 8 nitrogen and oxygen atoms in total. The first-order valence-corrected chi connectivity index (χ1v) is 12.6. The fourth-order valence-electron chi connectivity index (χ4n) is 5.32. The molecule has 3 aliphatic rings. The summed E-state index contributed by atoms with van der Waals surface area (Å²) < 4.78 is 5.72. The molecule has 1 N–H and O–H groups in total. The second-order valence-electron chi connectivity index (χ2n) is 10.0. The van der Waals surface area contributed by atoms with Crippen LogP contribution in [0, 0.1) is 11.8 Å². The van der Waals surface area contributed by atoms with Crippen LogP contribution in [-0.4, -0.2) is 92.0 Å². The Hall–Kier alpha value is -2.45. The van der Waals surface area contributed by atoms with Crippen LogP contribution < -0.4 is 10.2 Å². The van der Waals surface area contributed by atoms with Crippen molar-refractivity contribution in [2.24, 2.45) is 11.8 Å². The number of benzene rings is 1. The van der Waals surface area contributed by atoms with E-state index in [0.29, 0.717) is 12.1 Å². The number of nitrogens with one attached hydrogen (secondary N) is 1. The smallest absolute Gasteiger partial charge is 0.251 e. The normalized spacial score (nSPS) is 26.9. The quantitative estimate of drug-likeness (QED) is 0.654. The average molecular weight is 471 g/mol. The van der Waals surface area contributed by atoms with E-state index in [2.05, 4.69) is 29.1 Å². The van der Waals surface area contributed by atoms with Crippen LogP contribution in [0.4, 0.5) is 5.69 Å². The SMILES string of the molecule is CC[C@@H]1CN(C(=O)[C@@H](NC(=O)c2ccc(N3CCN(C)CC3)cc2)[C@@H](C)CC)[C@@H]2C(=O)CO[C@H]12. The molecule has 3 saturated heterocycles. The lowest BCUT2D eigenvalue weighted by molar-refractivity contribution is -0.139. The zero-order valence-corrected chi connectivity index (χ0v) is 20.8. The maximum Gasteiger partial charge on any atom is 0.251 e. The molecule has 0 saturated carbocycles. The largest absolute Gasteiger partial charge is 0.369 e. The van der Waals surface area contributed by atoms with Crippen molar-refractivity contribution in [1.29, 1.82) is 0 Å². The molecule has 5 atom stereocenters. The van der Waals surface area contributed by atoms with Crippen LogP contribution in [0.1, 0.15) is 44.0 Å². The van der Waals surface area contributed by atoms with Gasteiger partial charge in [0.05, 0.1) is 6.10 Å². The molecule has 2 amide bonds. The summed E-state index contributed by atoms with van der Waals surface area (Å²) in [5, 5.41) is 2.99. The number of piperazine rings is 1. The first-order chi connectivity index (χ1) is 16.3. The minimum atomic E-state index is -0.681. The molecule has 0 spiro atoms. The van der Waals surface area contributed by atoms with Crippen LogP contribution in [-0.2, 0) is 14.3 Å². The fourth-order valence-corrected chi connectivity index (χ4v) is 5.32. The number of carbonyl (C=O) groups is 3. The summed E-state index contributed by atoms with van der Waals surface area (Å²) in [5.74, 6) is -0.390. The summed E-state index contributed by atoms with van der Waals surface area (Å²) in [4.78, 5) is 45.6. The second-order valence-corrected chi connectivity index (χ2v) is 10.0. The maximum absolute atomic E-state index is 13.6. The van der Waals surface area contributed by atoms with Crippen LogP contribution in [0.5, 0.6) is 0 Å². The van der Waals surface area contributed by atoms with Crippen molar-refractivity contribution >= 4 is 23.3 Å². The molecule has 4 rings (SSSR count). The Labute approximate surface area is 202 Å². The molecule has 1 aromatic rings. The van der Waals surface area contributed by atoms with Crippen molar-refractivity contribution < 1.29 is 19.1 Å². The molecule has 3 aliphatic heterocycles. The lowest BCUT2D eigenvalue weighted by Gasteiger charge is -2.34. The lowest BCUT2D eigenvalue weighted by atomic mass is 9.96. The van der Waals surface area contributed by atoms with E-state index in [1.165, 1.54) is 0 Å². The van der Waals surface area contributed by atoms with Gasteiger partial charge < -0.3 is 24.8 Å². The molecular weight excluding hydrogens is 432 g/mol. The number of carbonyl (C=O) groups excluding carboxylic acids is 3.